The standard InChI is InChI=1S/C17H13ClN2OS.BrH/c1-11(21)13-3-2-4-15(9-13)19-17-20-16(10-22-17)12-5-7-14(18)8-6-12;/h2-10H,1H3,(H,19,20);1H. The molecular formula is C17H14BrClN2OS. The number of rotatable bonds is 4. The minimum atomic E-state index is 0. The van der Waals surface area contributed by atoms with E-state index in [-0.39, 0.29) is 22.8 Å². The smallest absolute Gasteiger partial charge is 0.187 e. The van der Waals surface area contributed by atoms with Crippen LogP contribution >= 0.6 is 39.9 Å². The molecular weight excluding hydrogens is 396 g/mol. The molecule has 0 atom stereocenters. The average molecular weight is 410 g/mol. The molecule has 118 valence electrons. The van der Waals surface area contributed by atoms with E-state index in [1.807, 2.05) is 47.8 Å². The van der Waals surface area contributed by atoms with Crippen molar-refractivity contribution in [3.63, 3.8) is 0 Å². The summed E-state index contributed by atoms with van der Waals surface area (Å²) in [5.74, 6) is 0.0460. The highest BCUT2D eigenvalue weighted by atomic mass is 79.9. The maximum Gasteiger partial charge on any atom is 0.187 e. The van der Waals surface area contributed by atoms with Crippen molar-refractivity contribution in [2.24, 2.45) is 0 Å². The summed E-state index contributed by atoms with van der Waals surface area (Å²) in [5, 5.41) is 6.71. The van der Waals surface area contributed by atoms with Crippen LogP contribution in [0.3, 0.4) is 0 Å². The molecule has 23 heavy (non-hydrogen) atoms. The molecule has 0 saturated carbocycles. The number of benzene rings is 2. The van der Waals surface area contributed by atoms with Gasteiger partial charge in [-0.1, -0.05) is 35.9 Å². The van der Waals surface area contributed by atoms with E-state index in [1.54, 1.807) is 13.0 Å². The first-order valence-electron chi connectivity index (χ1n) is 6.71. The average Bonchev–Trinajstić information content (AvgIpc) is 2.96. The first kappa shape index (κ1) is 17.7. The molecule has 0 radical (unpaired) electrons. The topological polar surface area (TPSA) is 42.0 Å². The Balaban J connectivity index is 0.00000192. The number of ketones is 1. The summed E-state index contributed by atoms with van der Waals surface area (Å²) in [6.45, 7) is 1.56. The van der Waals surface area contributed by atoms with Crippen molar-refractivity contribution in [3.05, 3.63) is 64.5 Å². The first-order valence-corrected chi connectivity index (χ1v) is 7.97. The van der Waals surface area contributed by atoms with Gasteiger partial charge in [0, 0.05) is 27.2 Å². The number of anilines is 2. The molecule has 6 heteroatoms. The van der Waals surface area contributed by atoms with Gasteiger partial charge in [0.2, 0.25) is 0 Å². The lowest BCUT2D eigenvalue weighted by molar-refractivity contribution is 0.101. The molecule has 0 aliphatic heterocycles. The third-order valence-corrected chi connectivity index (χ3v) is 4.17. The fourth-order valence-electron chi connectivity index (χ4n) is 2.02. The van der Waals surface area contributed by atoms with Gasteiger partial charge in [0.25, 0.3) is 0 Å². The number of halogens is 2. The van der Waals surface area contributed by atoms with Gasteiger partial charge in [-0.2, -0.15) is 0 Å². The summed E-state index contributed by atoms with van der Waals surface area (Å²) in [4.78, 5) is 16.0. The van der Waals surface area contributed by atoms with E-state index in [0.717, 1.165) is 22.1 Å². The van der Waals surface area contributed by atoms with Gasteiger partial charge in [-0.25, -0.2) is 4.98 Å². The third kappa shape index (κ3) is 4.41. The molecule has 0 aliphatic rings. The van der Waals surface area contributed by atoms with E-state index in [9.17, 15) is 4.79 Å². The van der Waals surface area contributed by atoms with Crippen molar-refractivity contribution in [2.45, 2.75) is 6.92 Å². The predicted octanol–water partition coefficient (Wildman–Crippen LogP) is 5.99. The molecule has 0 amide bonds. The van der Waals surface area contributed by atoms with Gasteiger partial charge < -0.3 is 5.32 Å². The summed E-state index contributed by atoms with van der Waals surface area (Å²) in [5.41, 5.74) is 3.45. The SMILES string of the molecule is Br.CC(=O)c1cccc(Nc2nc(-c3ccc(Cl)cc3)cs2)c1. The Bertz CT molecular complexity index is 817. The zero-order valence-corrected chi connectivity index (χ0v) is 15.5. The third-order valence-electron chi connectivity index (χ3n) is 3.16. The molecule has 1 aromatic heterocycles. The minimum Gasteiger partial charge on any atom is -0.332 e. The number of thiazole rings is 1. The Morgan fingerprint density at radius 3 is 2.61 bits per heavy atom. The molecule has 3 rings (SSSR count). The van der Waals surface area contributed by atoms with Crippen molar-refractivity contribution in [3.8, 4) is 11.3 Å². The minimum absolute atomic E-state index is 0. The quantitative estimate of drug-likeness (QED) is 0.538. The van der Waals surface area contributed by atoms with Gasteiger partial charge in [0.15, 0.2) is 10.9 Å². The zero-order chi connectivity index (χ0) is 15.5. The monoisotopic (exact) mass is 408 g/mol. The van der Waals surface area contributed by atoms with Crippen molar-refractivity contribution in [1.82, 2.24) is 4.98 Å². The molecule has 1 N–H and O–H groups in total. The lowest BCUT2D eigenvalue weighted by Crippen LogP contribution is -1.95. The maximum absolute atomic E-state index is 11.4. The largest absolute Gasteiger partial charge is 0.332 e. The molecule has 0 fully saturated rings. The fourth-order valence-corrected chi connectivity index (χ4v) is 2.89. The maximum atomic E-state index is 11.4. The van der Waals surface area contributed by atoms with Gasteiger partial charge in [0.1, 0.15) is 0 Å². The number of aromatic nitrogens is 1. The number of nitrogens with zero attached hydrogens (tertiary/aromatic N) is 1. The molecule has 0 saturated heterocycles. The Hall–Kier alpha value is -1.69. The van der Waals surface area contributed by atoms with Crippen LogP contribution in [0.5, 0.6) is 0 Å². The van der Waals surface area contributed by atoms with Gasteiger partial charge in [-0.3, -0.25) is 4.79 Å². The van der Waals surface area contributed by atoms with E-state index in [1.165, 1.54) is 11.3 Å². The first-order chi connectivity index (χ1) is 10.6. The van der Waals surface area contributed by atoms with Crippen molar-refractivity contribution in [1.29, 1.82) is 0 Å². The molecule has 3 aromatic rings. The number of hydrogen-bond acceptors (Lipinski definition) is 4. The Morgan fingerprint density at radius 2 is 1.91 bits per heavy atom. The van der Waals surface area contributed by atoms with Gasteiger partial charge in [-0.15, -0.1) is 28.3 Å². The fraction of sp³-hybridized carbons (Fsp3) is 0.0588. The summed E-state index contributed by atoms with van der Waals surface area (Å²) >= 11 is 7.41. The lowest BCUT2D eigenvalue weighted by Gasteiger charge is -2.04. The highest BCUT2D eigenvalue weighted by Crippen LogP contribution is 2.28. The normalized spacial score (nSPS) is 10.0. The summed E-state index contributed by atoms with van der Waals surface area (Å²) in [6.07, 6.45) is 0. The van der Waals surface area contributed by atoms with Crippen LogP contribution in [0, 0.1) is 0 Å². The Kier molecular flexibility index (Phi) is 5.93. The van der Waals surface area contributed by atoms with Crippen LogP contribution in [0.2, 0.25) is 5.02 Å². The molecule has 1 heterocycles. The molecule has 0 unspecified atom stereocenters. The summed E-state index contributed by atoms with van der Waals surface area (Å²) in [7, 11) is 0. The molecule has 2 aromatic carbocycles. The van der Waals surface area contributed by atoms with Crippen LogP contribution in [-0.2, 0) is 0 Å². The predicted molar refractivity (Wildman–Crippen MR) is 103 cm³/mol. The van der Waals surface area contributed by atoms with Crippen LogP contribution in [0.1, 0.15) is 17.3 Å². The van der Waals surface area contributed by atoms with Crippen LogP contribution in [0.4, 0.5) is 10.8 Å². The van der Waals surface area contributed by atoms with Gasteiger partial charge in [-0.05, 0) is 31.2 Å². The Labute approximate surface area is 154 Å². The van der Waals surface area contributed by atoms with E-state index in [0.29, 0.717) is 10.6 Å². The number of carbonyl (C=O) groups excluding carboxylic acids is 1. The highest BCUT2D eigenvalue weighted by Gasteiger charge is 2.06. The second-order valence-electron chi connectivity index (χ2n) is 4.81. The van der Waals surface area contributed by atoms with E-state index in [2.05, 4.69) is 10.3 Å². The summed E-state index contributed by atoms with van der Waals surface area (Å²) < 4.78 is 0. The van der Waals surface area contributed by atoms with Crippen LogP contribution in [0.25, 0.3) is 11.3 Å². The van der Waals surface area contributed by atoms with Crippen LogP contribution in [0.15, 0.2) is 53.9 Å². The molecule has 0 bridgehead atoms. The summed E-state index contributed by atoms with van der Waals surface area (Å²) in [6, 6.07) is 15.0. The van der Waals surface area contributed by atoms with E-state index < -0.39 is 0 Å². The van der Waals surface area contributed by atoms with Gasteiger partial charge >= 0.3 is 0 Å². The van der Waals surface area contributed by atoms with Crippen LogP contribution in [-0.4, -0.2) is 10.8 Å². The Morgan fingerprint density at radius 1 is 1.17 bits per heavy atom. The van der Waals surface area contributed by atoms with Crippen molar-refractivity contribution in [2.75, 3.05) is 5.32 Å². The number of Topliss-reactive ketones (excluding diaryl/α,β-unsaturated/α-hetero) is 1. The number of carbonyl (C=O) groups is 1. The molecule has 0 aliphatic carbocycles. The van der Waals surface area contributed by atoms with E-state index in [4.69, 9.17) is 11.6 Å². The number of hydrogen-bond donors (Lipinski definition) is 1. The second-order valence-corrected chi connectivity index (χ2v) is 6.10. The van der Waals surface area contributed by atoms with Crippen LogP contribution < -0.4 is 5.32 Å². The zero-order valence-electron chi connectivity index (χ0n) is 12.2. The van der Waals surface area contributed by atoms with Crippen molar-refractivity contribution >= 4 is 56.5 Å². The molecule has 0 spiro atoms. The number of nitrogens with one attached hydrogen (secondary N) is 1. The van der Waals surface area contributed by atoms with Crippen molar-refractivity contribution < 1.29 is 4.79 Å². The molecule has 3 nitrogen and oxygen atoms in total. The van der Waals surface area contributed by atoms with E-state index >= 15 is 0 Å². The lowest BCUT2D eigenvalue weighted by atomic mass is 10.1. The highest BCUT2D eigenvalue weighted by molar-refractivity contribution is 8.93. The van der Waals surface area contributed by atoms with Gasteiger partial charge in [0.05, 0.1) is 5.69 Å². The second kappa shape index (κ2) is 7.73.